The van der Waals surface area contributed by atoms with E-state index >= 15 is 0 Å². The lowest BCUT2D eigenvalue weighted by Crippen LogP contribution is -2.09. The standard InChI is InChI=1S/C14H22N4O/c1-4-12-9-13(15-7-5-6-8-19)18-14(16-12)10(2)11(3)17-18/h9,15,19H,4-8H2,1-3H3. The SMILES string of the molecule is CCc1cc(NCCCCO)n2nc(C)c(C)c2n1. The van der Waals surface area contributed by atoms with Gasteiger partial charge in [-0.1, -0.05) is 6.92 Å². The van der Waals surface area contributed by atoms with Crippen molar-refractivity contribution in [1.29, 1.82) is 0 Å². The zero-order valence-electron chi connectivity index (χ0n) is 11.9. The predicted molar refractivity (Wildman–Crippen MR) is 76.6 cm³/mol. The van der Waals surface area contributed by atoms with Crippen molar-refractivity contribution in [3.63, 3.8) is 0 Å². The van der Waals surface area contributed by atoms with Crippen LogP contribution in [0.2, 0.25) is 0 Å². The summed E-state index contributed by atoms with van der Waals surface area (Å²) in [4.78, 5) is 4.64. The van der Waals surface area contributed by atoms with E-state index in [0.29, 0.717) is 0 Å². The minimum absolute atomic E-state index is 0.244. The highest BCUT2D eigenvalue weighted by molar-refractivity contribution is 5.56. The Balaban J connectivity index is 2.32. The quantitative estimate of drug-likeness (QED) is 0.783. The average molecular weight is 262 g/mol. The smallest absolute Gasteiger partial charge is 0.160 e. The van der Waals surface area contributed by atoms with E-state index < -0.39 is 0 Å². The number of aromatic nitrogens is 3. The Morgan fingerprint density at radius 2 is 2.11 bits per heavy atom. The van der Waals surface area contributed by atoms with Gasteiger partial charge in [0.15, 0.2) is 5.65 Å². The predicted octanol–water partition coefficient (Wildman–Crippen LogP) is 2.09. The van der Waals surface area contributed by atoms with E-state index in [9.17, 15) is 0 Å². The Morgan fingerprint density at radius 1 is 1.32 bits per heavy atom. The van der Waals surface area contributed by atoms with Gasteiger partial charge in [0.25, 0.3) is 0 Å². The van der Waals surface area contributed by atoms with E-state index in [4.69, 9.17) is 5.11 Å². The van der Waals surface area contributed by atoms with Crippen LogP contribution in [0.25, 0.3) is 5.65 Å². The molecule has 2 aromatic heterocycles. The van der Waals surface area contributed by atoms with E-state index in [2.05, 4.69) is 35.3 Å². The fourth-order valence-corrected chi connectivity index (χ4v) is 2.04. The Labute approximate surface area is 113 Å². The molecule has 5 nitrogen and oxygen atoms in total. The van der Waals surface area contributed by atoms with Gasteiger partial charge in [-0.3, -0.25) is 0 Å². The number of anilines is 1. The van der Waals surface area contributed by atoms with Crippen LogP contribution in [0.4, 0.5) is 5.82 Å². The van der Waals surface area contributed by atoms with Crippen LogP contribution in [0.5, 0.6) is 0 Å². The zero-order chi connectivity index (χ0) is 13.8. The van der Waals surface area contributed by atoms with E-state index in [1.807, 2.05) is 11.4 Å². The molecule has 0 unspecified atom stereocenters. The number of hydrogen-bond donors (Lipinski definition) is 2. The monoisotopic (exact) mass is 262 g/mol. The summed E-state index contributed by atoms with van der Waals surface area (Å²) >= 11 is 0. The lowest BCUT2D eigenvalue weighted by molar-refractivity contribution is 0.286. The van der Waals surface area contributed by atoms with Crippen molar-refractivity contribution < 1.29 is 5.11 Å². The molecule has 0 saturated carbocycles. The maximum absolute atomic E-state index is 8.80. The molecule has 19 heavy (non-hydrogen) atoms. The fraction of sp³-hybridized carbons (Fsp3) is 0.571. The molecule has 5 heteroatoms. The highest BCUT2D eigenvalue weighted by atomic mass is 16.2. The Hall–Kier alpha value is -1.62. The number of nitrogens with one attached hydrogen (secondary N) is 1. The second-order valence-electron chi connectivity index (χ2n) is 4.79. The molecule has 0 atom stereocenters. The van der Waals surface area contributed by atoms with Gasteiger partial charge in [0, 0.05) is 30.5 Å². The van der Waals surface area contributed by atoms with Crippen molar-refractivity contribution in [2.75, 3.05) is 18.5 Å². The largest absolute Gasteiger partial charge is 0.396 e. The molecule has 0 aromatic carbocycles. The second kappa shape index (κ2) is 6.02. The Morgan fingerprint density at radius 3 is 2.79 bits per heavy atom. The summed E-state index contributed by atoms with van der Waals surface area (Å²) in [5, 5.41) is 16.7. The van der Waals surface area contributed by atoms with Gasteiger partial charge in [-0.25, -0.2) is 4.98 Å². The van der Waals surface area contributed by atoms with Crippen LogP contribution in [0.1, 0.15) is 36.7 Å². The van der Waals surface area contributed by atoms with Crippen LogP contribution in [-0.4, -0.2) is 32.9 Å². The van der Waals surface area contributed by atoms with Crippen molar-refractivity contribution in [3.05, 3.63) is 23.0 Å². The highest BCUT2D eigenvalue weighted by Gasteiger charge is 2.11. The molecule has 0 aliphatic heterocycles. The molecular weight excluding hydrogens is 240 g/mol. The van der Waals surface area contributed by atoms with Gasteiger partial charge < -0.3 is 10.4 Å². The van der Waals surface area contributed by atoms with Crippen LogP contribution >= 0.6 is 0 Å². The van der Waals surface area contributed by atoms with Gasteiger partial charge in [0.05, 0.1) is 5.69 Å². The summed E-state index contributed by atoms with van der Waals surface area (Å²) in [6.07, 6.45) is 2.67. The number of nitrogens with zero attached hydrogens (tertiary/aromatic N) is 3. The summed E-state index contributed by atoms with van der Waals surface area (Å²) in [5.41, 5.74) is 4.15. The van der Waals surface area contributed by atoms with Crippen LogP contribution in [-0.2, 0) is 6.42 Å². The first-order valence-electron chi connectivity index (χ1n) is 6.88. The van der Waals surface area contributed by atoms with Crippen molar-refractivity contribution in [2.24, 2.45) is 0 Å². The average Bonchev–Trinajstić information content (AvgIpc) is 2.71. The van der Waals surface area contributed by atoms with Gasteiger partial charge in [0.1, 0.15) is 5.82 Å². The van der Waals surface area contributed by atoms with Gasteiger partial charge >= 0.3 is 0 Å². The minimum Gasteiger partial charge on any atom is -0.396 e. The first kappa shape index (κ1) is 13.8. The molecule has 0 bridgehead atoms. The molecule has 0 amide bonds. The number of aliphatic hydroxyl groups is 1. The third kappa shape index (κ3) is 2.87. The zero-order valence-corrected chi connectivity index (χ0v) is 11.9. The molecule has 0 fully saturated rings. The first-order valence-corrected chi connectivity index (χ1v) is 6.88. The number of hydrogen-bond acceptors (Lipinski definition) is 4. The minimum atomic E-state index is 0.244. The van der Waals surface area contributed by atoms with Gasteiger partial charge in [0.2, 0.25) is 0 Å². The molecule has 2 heterocycles. The third-order valence-electron chi connectivity index (χ3n) is 3.36. The molecule has 0 aliphatic carbocycles. The van der Waals surface area contributed by atoms with Crippen molar-refractivity contribution in [3.8, 4) is 0 Å². The first-order chi connectivity index (χ1) is 9.17. The maximum Gasteiger partial charge on any atom is 0.160 e. The van der Waals surface area contributed by atoms with Gasteiger partial charge in [-0.05, 0) is 33.1 Å². The van der Waals surface area contributed by atoms with E-state index in [1.165, 1.54) is 0 Å². The van der Waals surface area contributed by atoms with Crippen molar-refractivity contribution in [2.45, 2.75) is 40.0 Å². The fourth-order valence-electron chi connectivity index (χ4n) is 2.04. The topological polar surface area (TPSA) is 62.5 Å². The van der Waals surface area contributed by atoms with Crippen molar-refractivity contribution >= 4 is 11.5 Å². The van der Waals surface area contributed by atoms with Crippen LogP contribution in [0.3, 0.4) is 0 Å². The normalized spacial score (nSPS) is 11.2. The highest BCUT2D eigenvalue weighted by Crippen LogP contribution is 2.18. The van der Waals surface area contributed by atoms with Gasteiger partial charge in [-0.2, -0.15) is 9.61 Å². The Bertz CT molecular complexity index is 562. The van der Waals surface area contributed by atoms with E-state index in [0.717, 1.165) is 54.2 Å². The number of rotatable bonds is 6. The second-order valence-corrected chi connectivity index (χ2v) is 4.79. The number of unbranched alkanes of at least 4 members (excludes halogenated alkanes) is 1. The number of aliphatic hydroxyl groups excluding tert-OH is 1. The van der Waals surface area contributed by atoms with Crippen LogP contribution in [0.15, 0.2) is 6.07 Å². The lowest BCUT2D eigenvalue weighted by Gasteiger charge is -2.09. The summed E-state index contributed by atoms with van der Waals surface area (Å²) in [6, 6.07) is 2.05. The molecule has 2 N–H and O–H groups in total. The molecule has 0 radical (unpaired) electrons. The van der Waals surface area contributed by atoms with Crippen LogP contribution in [0, 0.1) is 13.8 Å². The van der Waals surface area contributed by atoms with E-state index in [1.54, 1.807) is 0 Å². The Kier molecular flexibility index (Phi) is 4.37. The molecule has 0 aliphatic rings. The number of aryl methyl sites for hydroxylation is 3. The summed E-state index contributed by atoms with van der Waals surface area (Å²) < 4.78 is 1.88. The molecule has 104 valence electrons. The van der Waals surface area contributed by atoms with Gasteiger partial charge in [-0.15, -0.1) is 0 Å². The summed E-state index contributed by atoms with van der Waals surface area (Å²) in [7, 11) is 0. The van der Waals surface area contributed by atoms with E-state index in [-0.39, 0.29) is 6.61 Å². The molecule has 0 saturated heterocycles. The number of fused-ring (bicyclic) bond motifs is 1. The molecular formula is C14H22N4O. The summed E-state index contributed by atoms with van der Waals surface area (Å²) in [5.74, 6) is 0.982. The third-order valence-corrected chi connectivity index (χ3v) is 3.36. The lowest BCUT2D eigenvalue weighted by atomic mass is 10.2. The molecule has 0 spiro atoms. The molecule has 2 rings (SSSR count). The van der Waals surface area contributed by atoms with Crippen LogP contribution < -0.4 is 5.32 Å². The molecule has 2 aromatic rings. The van der Waals surface area contributed by atoms with Crippen molar-refractivity contribution in [1.82, 2.24) is 14.6 Å². The maximum atomic E-state index is 8.80. The summed E-state index contributed by atoms with van der Waals surface area (Å²) in [6.45, 7) is 7.24.